The van der Waals surface area contributed by atoms with Crippen molar-refractivity contribution < 1.29 is 14.6 Å². The van der Waals surface area contributed by atoms with Gasteiger partial charge in [-0.25, -0.2) is 0 Å². The molecule has 4 nitrogen and oxygen atoms in total. The second-order valence-corrected chi connectivity index (χ2v) is 5.69. The fourth-order valence-electron chi connectivity index (χ4n) is 2.41. The van der Waals surface area contributed by atoms with E-state index in [0.717, 1.165) is 18.7 Å². The van der Waals surface area contributed by atoms with E-state index in [1.165, 1.54) is 5.56 Å². The average molecular weight is 277 g/mol. The zero-order chi connectivity index (χ0) is 14.5. The van der Waals surface area contributed by atoms with Crippen LogP contribution >= 0.6 is 0 Å². The standard InChI is InChI=1S/C16H23NO3/c1-12(2)14-4-3-5-15(8-14)20-11-16(19)17-7-6-13(9-17)10-18/h3-5,8,12-13,18H,6-7,9-11H2,1-2H3. The fraction of sp³-hybridized carbons (Fsp3) is 0.562. The number of ether oxygens (including phenoxy) is 1. The molecule has 1 heterocycles. The van der Waals surface area contributed by atoms with Gasteiger partial charge in [-0.15, -0.1) is 0 Å². The second-order valence-electron chi connectivity index (χ2n) is 5.69. The molecular formula is C16H23NO3. The van der Waals surface area contributed by atoms with Gasteiger partial charge < -0.3 is 14.7 Å². The van der Waals surface area contributed by atoms with Crippen molar-refractivity contribution >= 4 is 5.91 Å². The van der Waals surface area contributed by atoms with Crippen molar-refractivity contribution in [3.63, 3.8) is 0 Å². The number of amides is 1. The number of hydrogen-bond donors (Lipinski definition) is 1. The molecule has 0 saturated carbocycles. The van der Waals surface area contributed by atoms with E-state index in [9.17, 15) is 4.79 Å². The molecule has 4 heteroatoms. The van der Waals surface area contributed by atoms with Crippen molar-refractivity contribution in [3.8, 4) is 5.75 Å². The molecule has 1 aromatic rings. The number of aliphatic hydroxyl groups is 1. The molecule has 2 rings (SSSR count). The van der Waals surface area contributed by atoms with E-state index in [1.807, 2.05) is 18.2 Å². The summed E-state index contributed by atoms with van der Waals surface area (Å²) in [5, 5.41) is 9.09. The van der Waals surface area contributed by atoms with E-state index in [-0.39, 0.29) is 25.0 Å². The molecule has 1 atom stereocenters. The fourth-order valence-corrected chi connectivity index (χ4v) is 2.41. The van der Waals surface area contributed by atoms with Gasteiger partial charge in [0.25, 0.3) is 5.91 Å². The third-order valence-electron chi connectivity index (χ3n) is 3.78. The Hall–Kier alpha value is -1.55. The van der Waals surface area contributed by atoms with E-state index >= 15 is 0 Å². The molecule has 1 N–H and O–H groups in total. The highest BCUT2D eigenvalue weighted by Gasteiger charge is 2.25. The number of carbonyl (C=O) groups is 1. The van der Waals surface area contributed by atoms with Crippen LogP contribution in [-0.2, 0) is 4.79 Å². The molecule has 0 spiro atoms. The number of rotatable bonds is 5. The first-order chi connectivity index (χ1) is 9.60. The molecule has 0 radical (unpaired) electrons. The van der Waals surface area contributed by atoms with Crippen molar-refractivity contribution in [2.24, 2.45) is 5.92 Å². The van der Waals surface area contributed by atoms with Gasteiger partial charge in [0.05, 0.1) is 0 Å². The maximum Gasteiger partial charge on any atom is 0.260 e. The Kier molecular flexibility index (Phi) is 5.01. The maximum atomic E-state index is 12.0. The molecule has 1 aromatic carbocycles. The van der Waals surface area contributed by atoms with Gasteiger partial charge in [-0.2, -0.15) is 0 Å². The lowest BCUT2D eigenvalue weighted by atomic mass is 10.0. The normalized spacial score (nSPS) is 18.6. The summed E-state index contributed by atoms with van der Waals surface area (Å²) in [6.07, 6.45) is 0.880. The van der Waals surface area contributed by atoms with Gasteiger partial charge in [0.1, 0.15) is 5.75 Å². The Morgan fingerprint density at radius 3 is 2.95 bits per heavy atom. The Balaban J connectivity index is 1.86. The number of carbonyl (C=O) groups excluding carboxylic acids is 1. The van der Waals surface area contributed by atoms with E-state index < -0.39 is 0 Å². The SMILES string of the molecule is CC(C)c1cccc(OCC(=O)N2CCC(CO)C2)c1. The van der Waals surface area contributed by atoms with Crippen LogP contribution in [0, 0.1) is 5.92 Å². The predicted octanol–water partition coefficient (Wildman–Crippen LogP) is 2.03. The van der Waals surface area contributed by atoms with Crippen molar-refractivity contribution in [2.45, 2.75) is 26.2 Å². The Labute approximate surface area is 120 Å². The molecule has 1 saturated heterocycles. The maximum absolute atomic E-state index is 12.0. The smallest absolute Gasteiger partial charge is 0.260 e. The summed E-state index contributed by atoms with van der Waals surface area (Å²) >= 11 is 0. The molecule has 0 aliphatic carbocycles. The van der Waals surface area contributed by atoms with Crippen molar-refractivity contribution in [2.75, 3.05) is 26.3 Å². The molecule has 20 heavy (non-hydrogen) atoms. The summed E-state index contributed by atoms with van der Waals surface area (Å²) in [6.45, 7) is 5.85. The number of aliphatic hydroxyl groups excluding tert-OH is 1. The van der Waals surface area contributed by atoms with E-state index in [1.54, 1.807) is 4.90 Å². The van der Waals surface area contributed by atoms with Gasteiger partial charge in [0.15, 0.2) is 6.61 Å². The Morgan fingerprint density at radius 1 is 1.50 bits per heavy atom. The first kappa shape index (κ1) is 14.9. The minimum atomic E-state index is -0.00380. The molecule has 1 aliphatic rings. The topological polar surface area (TPSA) is 49.8 Å². The highest BCUT2D eigenvalue weighted by molar-refractivity contribution is 5.78. The van der Waals surface area contributed by atoms with Gasteiger partial charge in [0, 0.05) is 25.6 Å². The second kappa shape index (κ2) is 6.75. The van der Waals surface area contributed by atoms with Crippen molar-refractivity contribution in [3.05, 3.63) is 29.8 Å². The molecular weight excluding hydrogens is 254 g/mol. The van der Waals surface area contributed by atoms with E-state index in [2.05, 4.69) is 19.9 Å². The van der Waals surface area contributed by atoms with Gasteiger partial charge in [-0.3, -0.25) is 4.79 Å². The molecule has 110 valence electrons. The van der Waals surface area contributed by atoms with Gasteiger partial charge in [0.2, 0.25) is 0 Å². The predicted molar refractivity (Wildman–Crippen MR) is 77.8 cm³/mol. The molecule has 1 fully saturated rings. The lowest BCUT2D eigenvalue weighted by Gasteiger charge is -2.17. The third-order valence-corrected chi connectivity index (χ3v) is 3.78. The summed E-state index contributed by atoms with van der Waals surface area (Å²) in [5.74, 6) is 1.40. The number of likely N-dealkylation sites (tertiary alicyclic amines) is 1. The number of benzene rings is 1. The van der Waals surface area contributed by atoms with Gasteiger partial charge in [-0.1, -0.05) is 26.0 Å². The summed E-state index contributed by atoms with van der Waals surface area (Å²) < 4.78 is 5.59. The Morgan fingerprint density at radius 2 is 2.30 bits per heavy atom. The zero-order valence-electron chi connectivity index (χ0n) is 12.2. The molecule has 0 bridgehead atoms. The summed E-state index contributed by atoms with van der Waals surface area (Å²) in [4.78, 5) is 13.8. The van der Waals surface area contributed by atoms with Crippen LogP contribution in [-0.4, -0.2) is 42.2 Å². The van der Waals surface area contributed by atoms with Crippen LogP contribution < -0.4 is 4.74 Å². The number of hydrogen-bond acceptors (Lipinski definition) is 3. The van der Waals surface area contributed by atoms with Crippen molar-refractivity contribution in [1.82, 2.24) is 4.90 Å². The quantitative estimate of drug-likeness (QED) is 0.896. The highest BCUT2D eigenvalue weighted by Crippen LogP contribution is 2.20. The van der Waals surface area contributed by atoms with Gasteiger partial charge in [-0.05, 0) is 30.0 Å². The molecule has 1 amide bonds. The molecule has 1 unspecified atom stereocenters. The van der Waals surface area contributed by atoms with E-state index in [4.69, 9.17) is 9.84 Å². The first-order valence-corrected chi connectivity index (χ1v) is 7.21. The highest BCUT2D eigenvalue weighted by atomic mass is 16.5. The Bertz CT molecular complexity index is 459. The minimum Gasteiger partial charge on any atom is -0.484 e. The first-order valence-electron chi connectivity index (χ1n) is 7.21. The van der Waals surface area contributed by atoms with Gasteiger partial charge >= 0.3 is 0 Å². The zero-order valence-corrected chi connectivity index (χ0v) is 12.2. The minimum absolute atomic E-state index is 0.00380. The molecule has 1 aliphatic heterocycles. The van der Waals surface area contributed by atoms with Crippen LogP contribution in [0.4, 0.5) is 0 Å². The average Bonchev–Trinajstić information content (AvgIpc) is 2.94. The summed E-state index contributed by atoms with van der Waals surface area (Å²) in [5.41, 5.74) is 1.21. The van der Waals surface area contributed by atoms with Crippen LogP contribution in [0.25, 0.3) is 0 Å². The largest absolute Gasteiger partial charge is 0.484 e. The van der Waals surface area contributed by atoms with Crippen LogP contribution in [0.5, 0.6) is 5.75 Å². The monoisotopic (exact) mass is 277 g/mol. The van der Waals surface area contributed by atoms with Crippen LogP contribution in [0.3, 0.4) is 0 Å². The van der Waals surface area contributed by atoms with Crippen LogP contribution in [0.2, 0.25) is 0 Å². The molecule has 0 aromatic heterocycles. The third kappa shape index (κ3) is 3.73. The lowest BCUT2D eigenvalue weighted by molar-refractivity contribution is -0.132. The lowest BCUT2D eigenvalue weighted by Crippen LogP contribution is -2.33. The van der Waals surface area contributed by atoms with Crippen molar-refractivity contribution in [1.29, 1.82) is 0 Å². The van der Waals surface area contributed by atoms with Crippen LogP contribution in [0.15, 0.2) is 24.3 Å². The summed E-state index contributed by atoms with van der Waals surface area (Å²) in [7, 11) is 0. The number of nitrogens with zero attached hydrogens (tertiary/aromatic N) is 1. The summed E-state index contributed by atoms with van der Waals surface area (Å²) in [6, 6.07) is 7.87. The van der Waals surface area contributed by atoms with E-state index in [0.29, 0.717) is 12.5 Å². The van der Waals surface area contributed by atoms with Crippen LogP contribution in [0.1, 0.15) is 31.7 Å².